The summed E-state index contributed by atoms with van der Waals surface area (Å²) in [7, 11) is 1.67. The summed E-state index contributed by atoms with van der Waals surface area (Å²) in [5, 5.41) is 3.24. The Morgan fingerprint density at radius 1 is 1.33 bits per heavy atom. The van der Waals surface area contributed by atoms with Gasteiger partial charge in [-0.1, -0.05) is 0 Å². The maximum absolute atomic E-state index is 11.5. The number of unbranched alkanes of at least 4 members (excludes halogenated alkanes) is 1. The molecule has 0 radical (unpaired) electrons. The first-order chi connectivity index (χ1) is 8.65. The van der Waals surface area contributed by atoms with Crippen LogP contribution in [0.5, 0.6) is 0 Å². The molecule has 0 atom stereocenters. The van der Waals surface area contributed by atoms with Crippen LogP contribution in [0.2, 0.25) is 0 Å². The van der Waals surface area contributed by atoms with Crippen LogP contribution in [0.25, 0.3) is 0 Å². The van der Waals surface area contributed by atoms with E-state index in [-0.39, 0.29) is 11.2 Å². The highest BCUT2D eigenvalue weighted by molar-refractivity contribution is 5.00. The van der Waals surface area contributed by atoms with Gasteiger partial charge in [-0.3, -0.25) is 9.78 Å². The van der Waals surface area contributed by atoms with Crippen LogP contribution in [0.1, 0.15) is 18.4 Å². The highest BCUT2D eigenvalue weighted by Crippen LogP contribution is 1.92. The summed E-state index contributed by atoms with van der Waals surface area (Å²) in [6.45, 7) is 4.77. The van der Waals surface area contributed by atoms with Gasteiger partial charge in [0.15, 0.2) is 0 Å². The molecule has 1 rings (SSSR count). The summed E-state index contributed by atoms with van der Waals surface area (Å²) >= 11 is 0. The smallest absolute Gasteiger partial charge is 0.328 e. The van der Waals surface area contributed by atoms with Gasteiger partial charge in [-0.05, 0) is 26.3 Å². The third kappa shape index (κ3) is 4.85. The zero-order chi connectivity index (χ0) is 13.4. The Labute approximate surface area is 106 Å². The highest BCUT2D eigenvalue weighted by atomic mass is 16.5. The third-order valence-corrected chi connectivity index (χ3v) is 2.67. The van der Waals surface area contributed by atoms with E-state index in [0.29, 0.717) is 18.7 Å². The maximum Gasteiger partial charge on any atom is 0.328 e. The minimum absolute atomic E-state index is 0.308. The number of aromatic nitrogens is 2. The van der Waals surface area contributed by atoms with Gasteiger partial charge in [0.2, 0.25) is 0 Å². The molecule has 1 aromatic rings. The van der Waals surface area contributed by atoms with Crippen LogP contribution in [0.15, 0.2) is 15.8 Å². The average Bonchev–Trinajstić information content (AvgIpc) is 2.34. The predicted octanol–water partition coefficient (Wildman–Crippen LogP) is -0.139. The van der Waals surface area contributed by atoms with E-state index in [0.717, 1.165) is 25.9 Å². The predicted molar refractivity (Wildman–Crippen MR) is 70.0 cm³/mol. The molecule has 0 aliphatic carbocycles. The third-order valence-electron chi connectivity index (χ3n) is 2.67. The van der Waals surface area contributed by atoms with Gasteiger partial charge in [-0.25, -0.2) is 4.79 Å². The molecule has 0 aliphatic heterocycles. The van der Waals surface area contributed by atoms with E-state index in [1.807, 2.05) is 0 Å². The van der Waals surface area contributed by atoms with Crippen molar-refractivity contribution in [2.24, 2.45) is 0 Å². The van der Waals surface area contributed by atoms with Gasteiger partial charge in [-0.2, -0.15) is 0 Å². The topological polar surface area (TPSA) is 76.1 Å². The molecule has 0 aromatic carbocycles. The van der Waals surface area contributed by atoms with Crippen molar-refractivity contribution >= 4 is 0 Å². The summed E-state index contributed by atoms with van der Waals surface area (Å²) in [5.74, 6) is 0. The van der Waals surface area contributed by atoms with Gasteiger partial charge in [-0.15, -0.1) is 0 Å². The molecule has 102 valence electrons. The van der Waals surface area contributed by atoms with E-state index in [1.54, 1.807) is 24.8 Å². The van der Waals surface area contributed by atoms with Crippen molar-refractivity contribution in [3.8, 4) is 0 Å². The van der Waals surface area contributed by atoms with Crippen molar-refractivity contribution in [1.82, 2.24) is 14.9 Å². The molecular formula is C12H21N3O3. The van der Waals surface area contributed by atoms with E-state index in [9.17, 15) is 9.59 Å². The molecule has 0 bridgehead atoms. The lowest BCUT2D eigenvalue weighted by Gasteiger charge is -2.06. The molecule has 0 amide bonds. The fourth-order valence-corrected chi connectivity index (χ4v) is 1.62. The number of hydrogen-bond donors (Lipinski definition) is 2. The second-order valence-corrected chi connectivity index (χ2v) is 4.21. The summed E-state index contributed by atoms with van der Waals surface area (Å²) in [5.41, 5.74) is -0.0803. The highest BCUT2D eigenvalue weighted by Gasteiger charge is 2.00. The second kappa shape index (κ2) is 7.84. The standard InChI is InChI=1S/C12H21N3O3/c1-10-9-15(12(17)14-11(10)16)7-4-3-5-13-6-8-18-2/h9,13H,3-8H2,1-2H3,(H,14,16,17). The summed E-state index contributed by atoms with van der Waals surface area (Å²) in [6, 6.07) is 0. The summed E-state index contributed by atoms with van der Waals surface area (Å²) < 4.78 is 6.46. The van der Waals surface area contributed by atoms with Crippen molar-refractivity contribution in [2.45, 2.75) is 26.3 Å². The zero-order valence-electron chi connectivity index (χ0n) is 11.0. The second-order valence-electron chi connectivity index (χ2n) is 4.21. The van der Waals surface area contributed by atoms with Crippen LogP contribution in [-0.2, 0) is 11.3 Å². The van der Waals surface area contributed by atoms with Crippen molar-refractivity contribution in [1.29, 1.82) is 0 Å². The summed E-state index contributed by atoms with van der Waals surface area (Å²) in [4.78, 5) is 24.9. The molecule has 0 saturated heterocycles. The Hall–Kier alpha value is -1.40. The fraction of sp³-hybridized carbons (Fsp3) is 0.667. The van der Waals surface area contributed by atoms with Crippen LogP contribution in [0.3, 0.4) is 0 Å². The Kier molecular flexibility index (Phi) is 6.38. The number of nitrogens with zero attached hydrogens (tertiary/aromatic N) is 1. The van der Waals surface area contributed by atoms with Crippen LogP contribution >= 0.6 is 0 Å². The number of hydrogen-bond acceptors (Lipinski definition) is 4. The lowest BCUT2D eigenvalue weighted by molar-refractivity contribution is 0.199. The van der Waals surface area contributed by atoms with Crippen molar-refractivity contribution in [3.05, 3.63) is 32.6 Å². The maximum atomic E-state index is 11.5. The molecule has 0 saturated carbocycles. The Morgan fingerprint density at radius 3 is 2.83 bits per heavy atom. The van der Waals surface area contributed by atoms with Gasteiger partial charge in [0.1, 0.15) is 0 Å². The Morgan fingerprint density at radius 2 is 2.11 bits per heavy atom. The molecule has 0 unspecified atom stereocenters. The number of rotatable bonds is 8. The Bertz CT molecular complexity index is 464. The molecule has 0 aliphatic rings. The normalized spacial score (nSPS) is 10.8. The minimum Gasteiger partial charge on any atom is -0.383 e. The van der Waals surface area contributed by atoms with Crippen LogP contribution < -0.4 is 16.6 Å². The fourth-order valence-electron chi connectivity index (χ4n) is 1.62. The van der Waals surface area contributed by atoms with Gasteiger partial charge in [0, 0.05) is 32.0 Å². The first kappa shape index (κ1) is 14.7. The molecule has 0 spiro atoms. The number of H-pyrrole nitrogens is 1. The SMILES string of the molecule is COCCNCCCCn1cc(C)c(=O)[nH]c1=O. The molecule has 1 heterocycles. The molecule has 2 N–H and O–H groups in total. The van der Waals surface area contributed by atoms with Gasteiger partial charge < -0.3 is 14.6 Å². The van der Waals surface area contributed by atoms with Crippen LogP contribution in [0.4, 0.5) is 0 Å². The van der Waals surface area contributed by atoms with Gasteiger partial charge in [0.25, 0.3) is 5.56 Å². The van der Waals surface area contributed by atoms with Crippen molar-refractivity contribution in [2.75, 3.05) is 26.8 Å². The first-order valence-electron chi connectivity index (χ1n) is 6.15. The number of aromatic amines is 1. The summed E-state index contributed by atoms with van der Waals surface area (Å²) in [6.07, 6.45) is 3.49. The molecule has 0 fully saturated rings. The van der Waals surface area contributed by atoms with Crippen LogP contribution in [-0.4, -0.2) is 36.4 Å². The van der Waals surface area contributed by atoms with Crippen LogP contribution in [0, 0.1) is 6.92 Å². The van der Waals surface area contributed by atoms with Gasteiger partial charge in [0.05, 0.1) is 6.61 Å². The van der Waals surface area contributed by atoms with E-state index in [4.69, 9.17) is 4.74 Å². The minimum atomic E-state index is -0.335. The van der Waals surface area contributed by atoms with E-state index >= 15 is 0 Å². The molecule has 18 heavy (non-hydrogen) atoms. The number of nitrogens with one attached hydrogen (secondary N) is 2. The first-order valence-corrected chi connectivity index (χ1v) is 6.15. The lowest BCUT2D eigenvalue weighted by atomic mass is 10.3. The number of aryl methyl sites for hydroxylation is 2. The number of ether oxygens (including phenoxy) is 1. The molecule has 6 heteroatoms. The van der Waals surface area contributed by atoms with Crippen molar-refractivity contribution in [3.63, 3.8) is 0 Å². The quantitative estimate of drug-likeness (QED) is 0.634. The monoisotopic (exact) mass is 255 g/mol. The van der Waals surface area contributed by atoms with E-state index in [1.165, 1.54) is 0 Å². The van der Waals surface area contributed by atoms with Crippen molar-refractivity contribution < 1.29 is 4.74 Å². The molecule has 1 aromatic heterocycles. The van der Waals surface area contributed by atoms with E-state index < -0.39 is 0 Å². The lowest BCUT2D eigenvalue weighted by Crippen LogP contribution is -2.31. The average molecular weight is 255 g/mol. The largest absolute Gasteiger partial charge is 0.383 e. The van der Waals surface area contributed by atoms with E-state index in [2.05, 4.69) is 10.3 Å². The zero-order valence-corrected chi connectivity index (χ0v) is 11.0. The van der Waals surface area contributed by atoms with Gasteiger partial charge >= 0.3 is 5.69 Å². The Balaban J connectivity index is 2.30. The molecule has 6 nitrogen and oxygen atoms in total. The number of methoxy groups -OCH3 is 1. The molecular weight excluding hydrogens is 234 g/mol.